The Balaban J connectivity index is 2.68. The summed E-state index contributed by atoms with van der Waals surface area (Å²) in [5, 5.41) is 3.04. The van der Waals surface area contributed by atoms with E-state index < -0.39 is 0 Å². The van der Waals surface area contributed by atoms with Gasteiger partial charge in [-0.15, -0.1) is 0 Å². The third kappa shape index (κ3) is 4.34. The molecule has 0 saturated carbocycles. The number of ether oxygens (including phenoxy) is 1. The Hall–Kier alpha value is -1.71. The normalized spacial score (nSPS) is 11.4. The summed E-state index contributed by atoms with van der Waals surface area (Å²) in [5.41, 5.74) is 7.94. The van der Waals surface area contributed by atoms with Gasteiger partial charge < -0.3 is 15.8 Å². The van der Waals surface area contributed by atoms with Crippen LogP contribution >= 0.6 is 0 Å². The first kappa shape index (κ1) is 13.4. The molecule has 0 aliphatic rings. The van der Waals surface area contributed by atoms with Crippen LogP contribution in [-0.4, -0.2) is 19.6 Å². The second-order valence-corrected chi connectivity index (χ2v) is 3.94. The molecule has 0 spiro atoms. The molecule has 0 bridgehead atoms. The summed E-state index contributed by atoms with van der Waals surface area (Å²) in [6, 6.07) is 6.06. The Morgan fingerprint density at radius 2 is 2.24 bits per heavy atom. The van der Waals surface area contributed by atoms with E-state index in [4.69, 9.17) is 10.5 Å². The molecule has 0 amide bonds. The molecule has 0 atom stereocenters. The lowest BCUT2D eigenvalue weighted by Crippen LogP contribution is -2.32. The van der Waals surface area contributed by atoms with Gasteiger partial charge in [0, 0.05) is 12.1 Å². The van der Waals surface area contributed by atoms with Gasteiger partial charge in [0.15, 0.2) is 5.96 Å². The van der Waals surface area contributed by atoms with E-state index in [9.17, 15) is 0 Å². The molecule has 0 aromatic heterocycles. The average molecular weight is 235 g/mol. The number of hydrogen-bond donors (Lipinski definition) is 2. The lowest BCUT2D eigenvalue weighted by Gasteiger charge is -2.08. The Bertz CT molecular complexity index is 388. The zero-order chi connectivity index (χ0) is 12.7. The van der Waals surface area contributed by atoms with Crippen molar-refractivity contribution in [1.82, 2.24) is 5.32 Å². The minimum atomic E-state index is 0.481. The van der Waals surface area contributed by atoms with Crippen molar-refractivity contribution in [3.05, 3.63) is 29.3 Å². The van der Waals surface area contributed by atoms with Crippen LogP contribution in [0.4, 0.5) is 0 Å². The Morgan fingerprint density at radius 3 is 2.88 bits per heavy atom. The Labute approximate surface area is 103 Å². The van der Waals surface area contributed by atoms with Crippen molar-refractivity contribution in [2.75, 3.05) is 13.7 Å². The number of aliphatic imine (C=N–C) groups is 1. The lowest BCUT2D eigenvalue weighted by molar-refractivity contribution is 0.409. The zero-order valence-electron chi connectivity index (χ0n) is 10.8. The predicted octanol–water partition coefficient (Wildman–Crippen LogP) is 1.82. The molecule has 4 heteroatoms. The lowest BCUT2D eigenvalue weighted by atomic mass is 10.1. The topological polar surface area (TPSA) is 59.6 Å². The molecule has 17 heavy (non-hydrogen) atoms. The van der Waals surface area contributed by atoms with E-state index in [0.29, 0.717) is 12.5 Å². The fourth-order valence-electron chi connectivity index (χ4n) is 1.46. The number of aryl methyl sites for hydroxylation is 1. The van der Waals surface area contributed by atoms with Gasteiger partial charge in [0.2, 0.25) is 0 Å². The van der Waals surface area contributed by atoms with Crippen molar-refractivity contribution in [3.8, 4) is 5.75 Å². The fraction of sp³-hybridized carbons (Fsp3) is 0.462. The smallest absolute Gasteiger partial charge is 0.188 e. The van der Waals surface area contributed by atoms with Gasteiger partial charge >= 0.3 is 0 Å². The van der Waals surface area contributed by atoms with Crippen LogP contribution in [-0.2, 0) is 6.54 Å². The summed E-state index contributed by atoms with van der Waals surface area (Å²) in [6.45, 7) is 5.50. The average Bonchev–Trinajstić information content (AvgIpc) is 2.34. The van der Waals surface area contributed by atoms with Gasteiger partial charge in [0.05, 0.1) is 13.7 Å². The SMILES string of the molecule is CCCNC(N)=NCc1ccc(C)cc1OC. The summed E-state index contributed by atoms with van der Waals surface area (Å²) < 4.78 is 5.31. The first-order valence-electron chi connectivity index (χ1n) is 5.84. The summed E-state index contributed by atoms with van der Waals surface area (Å²) in [6.07, 6.45) is 1.03. The molecule has 3 N–H and O–H groups in total. The maximum absolute atomic E-state index is 5.73. The number of methoxy groups -OCH3 is 1. The number of nitrogens with one attached hydrogen (secondary N) is 1. The van der Waals surface area contributed by atoms with Crippen LogP contribution in [0.1, 0.15) is 24.5 Å². The van der Waals surface area contributed by atoms with E-state index in [-0.39, 0.29) is 0 Å². The van der Waals surface area contributed by atoms with Crippen molar-refractivity contribution in [1.29, 1.82) is 0 Å². The molecule has 0 fully saturated rings. The molecule has 0 unspecified atom stereocenters. The highest BCUT2D eigenvalue weighted by Crippen LogP contribution is 2.20. The van der Waals surface area contributed by atoms with Crippen LogP contribution in [0.3, 0.4) is 0 Å². The van der Waals surface area contributed by atoms with Crippen LogP contribution < -0.4 is 15.8 Å². The minimum Gasteiger partial charge on any atom is -0.496 e. The molecule has 4 nitrogen and oxygen atoms in total. The third-order valence-corrected chi connectivity index (χ3v) is 2.42. The van der Waals surface area contributed by atoms with Gasteiger partial charge in [-0.05, 0) is 25.0 Å². The van der Waals surface area contributed by atoms with Gasteiger partial charge in [-0.25, -0.2) is 4.99 Å². The summed E-state index contributed by atoms with van der Waals surface area (Å²) in [5.74, 6) is 1.34. The highest BCUT2D eigenvalue weighted by molar-refractivity contribution is 5.77. The van der Waals surface area contributed by atoms with E-state index in [1.165, 1.54) is 5.56 Å². The zero-order valence-corrected chi connectivity index (χ0v) is 10.8. The van der Waals surface area contributed by atoms with Crippen LogP contribution in [0.15, 0.2) is 23.2 Å². The summed E-state index contributed by atoms with van der Waals surface area (Å²) >= 11 is 0. The molecule has 0 heterocycles. The van der Waals surface area contributed by atoms with Gasteiger partial charge in [-0.2, -0.15) is 0 Å². The monoisotopic (exact) mass is 235 g/mol. The van der Waals surface area contributed by atoms with Crippen molar-refractivity contribution in [3.63, 3.8) is 0 Å². The molecule has 1 aromatic rings. The van der Waals surface area contributed by atoms with Crippen molar-refractivity contribution >= 4 is 5.96 Å². The van der Waals surface area contributed by atoms with Gasteiger partial charge in [0.1, 0.15) is 5.75 Å². The molecule has 1 aromatic carbocycles. The quantitative estimate of drug-likeness (QED) is 0.604. The number of rotatable bonds is 5. The highest BCUT2D eigenvalue weighted by Gasteiger charge is 2.02. The van der Waals surface area contributed by atoms with Crippen LogP contribution in [0.25, 0.3) is 0 Å². The fourth-order valence-corrected chi connectivity index (χ4v) is 1.46. The highest BCUT2D eigenvalue weighted by atomic mass is 16.5. The minimum absolute atomic E-state index is 0.481. The largest absolute Gasteiger partial charge is 0.496 e. The number of nitrogens with two attached hydrogens (primary N) is 1. The van der Waals surface area contributed by atoms with E-state index in [1.54, 1.807) is 7.11 Å². The first-order chi connectivity index (χ1) is 8.17. The standard InChI is InChI=1S/C13H21N3O/c1-4-7-15-13(14)16-9-11-6-5-10(2)8-12(11)17-3/h5-6,8H,4,7,9H2,1-3H3,(H3,14,15,16). The molecule has 1 rings (SSSR count). The molecule has 94 valence electrons. The number of guanidine groups is 1. The number of benzene rings is 1. The van der Waals surface area contributed by atoms with E-state index in [1.807, 2.05) is 25.1 Å². The van der Waals surface area contributed by atoms with Gasteiger partial charge in [-0.3, -0.25) is 0 Å². The van der Waals surface area contributed by atoms with Crippen LogP contribution in [0, 0.1) is 6.92 Å². The van der Waals surface area contributed by atoms with Crippen LogP contribution in [0.2, 0.25) is 0 Å². The summed E-state index contributed by atoms with van der Waals surface area (Å²) in [4.78, 5) is 4.27. The molecular formula is C13H21N3O. The maximum atomic E-state index is 5.73. The Morgan fingerprint density at radius 1 is 1.47 bits per heavy atom. The summed E-state index contributed by atoms with van der Waals surface area (Å²) in [7, 11) is 1.67. The maximum Gasteiger partial charge on any atom is 0.188 e. The Kier molecular flexibility index (Phi) is 5.33. The van der Waals surface area contributed by atoms with Gasteiger partial charge in [-0.1, -0.05) is 19.1 Å². The first-order valence-corrected chi connectivity index (χ1v) is 5.84. The van der Waals surface area contributed by atoms with Crippen LogP contribution in [0.5, 0.6) is 5.75 Å². The molecule has 0 aliphatic carbocycles. The molecule has 0 radical (unpaired) electrons. The third-order valence-electron chi connectivity index (χ3n) is 2.42. The van der Waals surface area contributed by atoms with Crippen molar-refractivity contribution in [2.45, 2.75) is 26.8 Å². The van der Waals surface area contributed by atoms with E-state index >= 15 is 0 Å². The van der Waals surface area contributed by atoms with Gasteiger partial charge in [0.25, 0.3) is 0 Å². The predicted molar refractivity (Wildman–Crippen MR) is 71.4 cm³/mol. The van der Waals surface area contributed by atoms with E-state index in [0.717, 1.165) is 24.3 Å². The van der Waals surface area contributed by atoms with E-state index in [2.05, 4.69) is 17.2 Å². The molecule has 0 aliphatic heterocycles. The second-order valence-electron chi connectivity index (χ2n) is 3.94. The van der Waals surface area contributed by atoms with Crippen molar-refractivity contribution < 1.29 is 4.74 Å². The number of hydrogen-bond acceptors (Lipinski definition) is 2. The second kappa shape index (κ2) is 6.78. The van der Waals surface area contributed by atoms with Crippen molar-refractivity contribution in [2.24, 2.45) is 10.7 Å². The molecular weight excluding hydrogens is 214 g/mol. The molecule has 0 saturated heterocycles. The number of nitrogens with zero attached hydrogens (tertiary/aromatic N) is 1.